The molecule has 0 fully saturated rings. The van der Waals surface area contributed by atoms with E-state index in [0.29, 0.717) is 30.0 Å². The Hall–Kier alpha value is -1.37. The maximum Gasteiger partial charge on any atom is 0.241 e. The Morgan fingerprint density at radius 1 is 1.29 bits per heavy atom. The number of anilines is 1. The molecule has 21 heavy (non-hydrogen) atoms. The van der Waals surface area contributed by atoms with Crippen molar-refractivity contribution in [1.82, 2.24) is 4.72 Å². The highest BCUT2D eigenvalue weighted by molar-refractivity contribution is 7.89. The van der Waals surface area contributed by atoms with Gasteiger partial charge in [-0.3, -0.25) is 0 Å². The molecule has 5 nitrogen and oxygen atoms in total. The van der Waals surface area contributed by atoms with Gasteiger partial charge in [-0.05, 0) is 43.9 Å². The second kappa shape index (κ2) is 7.59. The van der Waals surface area contributed by atoms with Crippen LogP contribution >= 0.6 is 0 Å². The molecule has 1 rings (SSSR count). The quantitative estimate of drug-likeness (QED) is 0.437. The molecule has 6 heteroatoms. The standard InChI is InChI=1S/C15H24N2O3S/c1-5-6-8-20-9-7-17-21(18,19)15-12(3)10-11(2)14(16)13(15)4/h5,10,17H,1,6-9,16H2,2-4H3. The Labute approximate surface area is 127 Å². The molecular weight excluding hydrogens is 288 g/mol. The third-order valence-corrected chi connectivity index (χ3v) is 4.98. The number of aryl methyl sites for hydroxylation is 2. The Morgan fingerprint density at radius 3 is 2.57 bits per heavy atom. The highest BCUT2D eigenvalue weighted by Gasteiger charge is 2.21. The number of nitrogens with two attached hydrogens (primary N) is 1. The minimum atomic E-state index is -3.58. The molecule has 118 valence electrons. The van der Waals surface area contributed by atoms with Gasteiger partial charge >= 0.3 is 0 Å². The Balaban J connectivity index is 2.80. The number of ether oxygens (including phenoxy) is 1. The van der Waals surface area contributed by atoms with Gasteiger partial charge in [-0.25, -0.2) is 13.1 Å². The second-order valence-corrected chi connectivity index (χ2v) is 6.67. The minimum Gasteiger partial charge on any atom is -0.398 e. The van der Waals surface area contributed by atoms with Crippen molar-refractivity contribution >= 4 is 15.7 Å². The minimum absolute atomic E-state index is 0.228. The van der Waals surface area contributed by atoms with Crippen molar-refractivity contribution in [1.29, 1.82) is 0 Å². The Kier molecular flexibility index (Phi) is 6.39. The van der Waals surface area contributed by atoms with Crippen LogP contribution in [0, 0.1) is 20.8 Å². The summed E-state index contributed by atoms with van der Waals surface area (Å²) < 4.78 is 32.6. The number of nitrogens with one attached hydrogen (secondary N) is 1. The molecule has 0 unspecified atom stereocenters. The maximum absolute atomic E-state index is 12.4. The first kappa shape index (κ1) is 17.7. The molecular formula is C15H24N2O3S. The normalized spacial score (nSPS) is 11.6. The summed E-state index contributed by atoms with van der Waals surface area (Å²) in [5.74, 6) is 0. The van der Waals surface area contributed by atoms with E-state index in [-0.39, 0.29) is 11.4 Å². The highest BCUT2D eigenvalue weighted by Crippen LogP contribution is 2.27. The lowest BCUT2D eigenvalue weighted by Crippen LogP contribution is -2.29. The van der Waals surface area contributed by atoms with Crippen molar-refractivity contribution in [3.8, 4) is 0 Å². The van der Waals surface area contributed by atoms with E-state index in [4.69, 9.17) is 10.5 Å². The zero-order chi connectivity index (χ0) is 16.0. The first-order chi connectivity index (χ1) is 9.81. The van der Waals surface area contributed by atoms with Gasteiger partial charge in [-0.2, -0.15) is 0 Å². The van der Waals surface area contributed by atoms with Gasteiger partial charge < -0.3 is 10.5 Å². The molecule has 3 N–H and O–H groups in total. The molecule has 0 aliphatic rings. The molecule has 1 aromatic rings. The van der Waals surface area contributed by atoms with Crippen molar-refractivity contribution in [2.45, 2.75) is 32.1 Å². The van der Waals surface area contributed by atoms with Crippen molar-refractivity contribution in [2.24, 2.45) is 0 Å². The van der Waals surface area contributed by atoms with E-state index in [1.54, 1.807) is 26.0 Å². The molecule has 0 aromatic heterocycles. The van der Waals surface area contributed by atoms with Crippen molar-refractivity contribution < 1.29 is 13.2 Å². The third kappa shape index (κ3) is 4.56. The average molecular weight is 312 g/mol. The summed E-state index contributed by atoms with van der Waals surface area (Å²) in [7, 11) is -3.58. The molecule has 0 radical (unpaired) electrons. The largest absolute Gasteiger partial charge is 0.398 e. The number of hydrogen-bond acceptors (Lipinski definition) is 4. The van der Waals surface area contributed by atoms with Crippen molar-refractivity contribution in [3.63, 3.8) is 0 Å². The number of nitrogen functional groups attached to an aromatic ring is 1. The van der Waals surface area contributed by atoms with E-state index in [1.165, 1.54) is 0 Å². The third-order valence-electron chi connectivity index (χ3n) is 3.23. The fourth-order valence-corrected chi connectivity index (χ4v) is 3.68. The van der Waals surface area contributed by atoms with E-state index < -0.39 is 10.0 Å². The van der Waals surface area contributed by atoms with Crippen LogP contribution in [0.5, 0.6) is 0 Å². The van der Waals surface area contributed by atoms with Gasteiger partial charge in [0.05, 0.1) is 18.1 Å². The SMILES string of the molecule is C=CCCOCCNS(=O)(=O)c1c(C)cc(C)c(N)c1C. The fourth-order valence-electron chi connectivity index (χ4n) is 2.18. The summed E-state index contributed by atoms with van der Waals surface area (Å²) in [4.78, 5) is 0.261. The van der Waals surface area contributed by atoms with Gasteiger partial charge in [0, 0.05) is 12.2 Å². The molecule has 0 saturated carbocycles. The molecule has 0 heterocycles. The molecule has 0 amide bonds. The van der Waals surface area contributed by atoms with Crippen LogP contribution in [0.3, 0.4) is 0 Å². The lowest BCUT2D eigenvalue weighted by atomic mass is 10.1. The molecule has 0 saturated heterocycles. The summed E-state index contributed by atoms with van der Waals surface area (Å²) in [5.41, 5.74) is 8.62. The molecule has 0 atom stereocenters. The maximum atomic E-state index is 12.4. The number of sulfonamides is 1. The zero-order valence-corrected chi connectivity index (χ0v) is 13.7. The summed E-state index contributed by atoms with van der Waals surface area (Å²) in [6, 6.07) is 1.79. The topological polar surface area (TPSA) is 81.4 Å². The number of benzene rings is 1. The van der Waals surface area contributed by atoms with Crippen LogP contribution in [0.15, 0.2) is 23.6 Å². The number of hydrogen-bond donors (Lipinski definition) is 2. The van der Waals surface area contributed by atoms with E-state index >= 15 is 0 Å². The smallest absolute Gasteiger partial charge is 0.241 e. The van der Waals surface area contributed by atoms with Crippen LogP contribution in [-0.4, -0.2) is 28.2 Å². The van der Waals surface area contributed by atoms with Gasteiger partial charge in [0.15, 0.2) is 0 Å². The van der Waals surface area contributed by atoms with Crippen LogP contribution in [0.25, 0.3) is 0 Å². The van der Waals surface area contributed by atoms with E-state index in [1.807, 2.05) is 6.92 Å². The van der Waals surface area contributed by atoms with Gasteiger partial charge in [-0.1, -0.05) is 12.1 Å². The number of rotatable bonds is 8. The summed E-state index contributed by atoms with van der Waals surface area (Å²) in [5, 5.41) is 0. The van der Waals surface area contributed by atoms with Crippen molar-refractivity contribution in [3.05, 3.63) is 35.4 Å². The van der Waals surface area contributed by atoms with Crippen LogP contribution in [0.2, 0.25) is 0 Å². The van der Waals surface area contributed by atoms with Crippen molar-refractivity contribution in [2.75, 3.05) is 25.5 Å². The molecule has 0 aliphatic carbocycles. The fraction of sp³-hybridized carbons (Fsp3) is 0.467. The summed E-state index contributed by atoms with van der Waals surface area (Å²) in [6.07, 6.45) is 2.51. The van der Waals surface area contributed by atoms with Crippen LogP contribution in [0.1, 0.15) is 23.1 Å². The van der Waals surface area contributed by atoms with Gasteiger partial charge in [0.1, 0.15) is 0 Å². The van der Waals surface area contributed by atoms with Gasteiger partial charge in [-0.15, -0.1) is 6.58 Å². The predicted molar refractivity (Wildman–Crippen MR) is 85.9 cm³/mol. The zero-order valence-electron chi connectivity index (χ0n) is 12.9. The second-order valence-electron chi connectivity index (χ2n) is 4.97. The molecule has 0 bridgehead atoms. The first-order valence-electron chi connectivity index (χ1n) is 6.86. The summed E-state index contributed by atoms with van der Waals surface area (Å²) >= 11 is 0. The predicted octanol–water partition coefficient (Wildman–Crippen LogP) is 2.07. The van der Waals surface area contributed by atoms with E-state index in [2.05, 4.69) is 11.3 Å². The first-order valence-corrected chi connectivity index (χ1v) is 8.34. The van der Waals surface area contributed by atoms with Gasteiger partial charge in [0.2, 0.25) is 10.0 Å². The van der Waals surface area contributed by atoms with Gasteiger partial charge in [0.25, 0.3) is 0 Å². The van der Waals surface area contributed by atoms with Crippen LogP contribution in [0.4, 0.5) is 5.69 Å². The lowest BCUT2D eigenvalue weighted by Gasteiger charge is -2.15. The van der Waals surface area contributed by atoms with E-state index in [0.717, 1.165) is 12.0 Å². The van der Waals surface area contributed by atoms with Crippen LogP contribution in [-0.2, 0) is 14.8 Å². The monoisotopic (exact) mass is 312 g/mol. The Morgan fingerprint density at radius 2 is 1.95 bits per heavy atom. The van der Waals surface area contributed by atoms with E-state index in [9.17, 15) is 8.42 Å². The Bertz CT molecular complexity index is 610. The highest BCUT2D eigenvalue weighted by atomic mass is 32.2. The molecule has 1 aromatic carbocycles. The van der Waals surface area contributed by atoms with Crippen LogP contribution < -0.4 is 10.5 Å². The lowest BCUT2D eigenvalue weighted by molar-refractivity contribution is 0.144. The summed E-state index contributed by atoms with van der Waals surface area (Å²) in [6.45, 7) is 10.1. The average Bonchev–Trinajstić information content (AvgIpc) is 2.40. The molecule has 0 spiro atoms. The molecule has 0 aliphatic heterocycles.